The molecule has 294 valence electrons. The summed E-state index contributed by atoms with van der Waals surface area (Å²) in [7, 11) is -4.42. The highest BCUT2D eigenvalue weighted by molar-refractivity contribution is 7.52. The summed E-state index contributed by atoms with van der Waals surface area (Å²) in [6.07, 6.45) is -0.993. The number of carbonyl (C=O) groups is 3. The lowest BCUT2D eigenvalue weighted by Gasteiger charge is -2.34. The number of fused-ring (bicyclic) bond motifs is 1. The molecule has 3 N–H and O–H groups in total. The predicted molar refractivity (Wildman–Crippen MR) is 191 cm³/mol. The van der Waals surface area contributed by atoms with Crippen LogP contribution < -0.4 is 15.3 Å². The summed E-state index contributed by atoms with van der Waals surface area (Å²) in [6, 6.07) is 10.6. The van der Waals surface area contributed by atoms with Crippen LogP contribution in [-0.2, 0) is 51.9 Å². The van der Waals surface area contributed by atoms with E-state index < -0.39 is 80.2 Å². The zero-order valence-corrected chi connectivity index (χ0v) is 31.7. The van der Waals surface area contributed by atoms with Crippen molar-refractivity contribution in [1.82, 2.24) is 19.7 Å². The number of aromatic nitrogens is 3. The maximum Gasteiger partial charge on any atom is 0.459 e. The molecule has 54 heavy (non-hydrogen) atoms. The third-order valence-electron chi connectivity index (χ3n) is 9.55. The number of nitrogens with two attached hydrogens (primary N) is 1. The van der Waals surface area contributed by atoms with E-state index in [1.54, 1.807) is 63.2 Å². The van der Waals surface area contributed by atoms with Crippen LogP contribution in [-0.4, -0.2) is 95.5 Å². The molecule has 0 spiro atoms. The summed E-state index contributed by atoms with van der Waals surface area (Å²) in [5.41, 5.74) is 5.42. The van der Waals surface area contributed by atoms with Gasteiger partial charge in [-0.05, 0) is 77.6 Å². The van der Waals surface area contributed by atoms with Crippen LogP contribution >= 0.6 is 7.75 Å². The monoisotopic (exact) mass is 773 g/mol. The van der Waals surface area contributed by atoms with Crippen LogP contribution in [0.25, 0.3) is 5.52 Å². The van der Waals surface area contributed by atoms with Crippen molar-refractivity contribution in [2.45, 2.75) is 89.4 Å². The fourth-order valence-corrected chi connectivity index (χ4v) is 8.23. The normalized spacial score (nSPS) is 25.5. The van der Waals surface area contributed by atoms with Gasteiger partial charge in [-0.1, -0.05) is 18.2 Å². The van der Waals surface area contributed by atoms with Crippen molar-refractivity contribution in [2.24, 2.45) is 11.8 Å². The fraction of sp³-hybridized carbons (Fsp3) is 0.583. The largest absolute Gasteiger partial charge is 0.462 e. The van der Waals surface area contributed by atoms with Gasteiger partial charge in [-0.2, -0.15) is 10.2 Å². The van der Waals surface area contributed by atoms with Crippen molar-refractivity contribution in [3.63, 3.8) is 0 Å². The summed E-state index contributed by atoms with van der Waals surface area (Å²) in [6.45, 7) is 7.48. The van der Waals surface area contributed by atoms with Gasteiger partial charge in [0.1, 0.15) is 35.3 Å². The molecule has 0 saturated carbocycles. The smallest absolute Gasteiger partial charge is 0.459 e. The van der Waals surface area contributed by atoms with Crippen molar-refractivity contribution in [3.8, 4) is 5.75 Å². The molecule has 3 aromatic rings. The predicted octanol–water partition coefficient (Wildman–Crippen LogP) is 3.95. The first-order chi connectivity index (χ1) is 25.9. The Morgan fingerprint density at radius 3 is 2.22 bits per heavy atom. The van der Waals surface area contributed by atoms with Gasteiger partial charge in [0.15, 0.2) is 18.0 Å². The maximum atomic E-state index is 14.6. The van der Waals surface area contributed by atoms with Crippen molar-refractivity contribution in [3.05, 3.63) is 54.5 Å². The van der Waals surface area contributed by atoms with Crippen LogP contribution in [0.5, 0.6) is 5.75 Å². The molecule has 3 fully saturated rings. The number of para-hydroxylation sites is 1. The Morgan fingerprint density at radius 1 is 0.963 bits per heavy atom. The minimum atomic E-state index is -4.42. The van der Waals surface area contributed by atoms with Crippen LogP contribution in [0, 0.1) is 11.8 Å². The van der Waals surface area contributed by atoms with E-state index in [1.807, 2.05) is 0 Å². The van der Waals surface area contributed by atoms with Crippen molar-refractivity contribution in [1.29, 1.82) is 0 Å². The summed E-state index contributed by atoms with van der Waals surface area (Å²) in [4.78, 5) is 44.6. The van der Waals surface area contributed by atoms with Crippen LogP contribution in [0.4, 0.5) is 5.82 Å². The second kappa shape index (κ2) is 17.1. The molecule has 3 aliphatic rings. The second-order valence-electron chi connectivity index (χ2n) is 14.1. The Kier molecular flexibility index (Phi) is 12.6. The van der Waals surface area contributed by atoms with Gasteiger partial charge in [0.2, 0.25) is 0 Å². The van der Waals surface area contributed by atoms with E-state index in [2.05, 4.69) is 15.2 Å². The van der Waals surface area contributed by atoms with Crippen LogP contribution in [0.15, 0.2) is 48.8 Å². The van der Waals surface area contributed by atoms with Crippen molar-refractivity contribution < 1.29 is 56.4 Å². The molecular formula is C36H48N5O12P. The number of carbonyl (C=O) groups excluding carboxylic acids is 3. The molecule has 18 heteroatoms. The quantitative estimate of drug-likeness (QED) is 0.135. The molecule has 0 radical (unpaired) electrons. The first kappa shape index (κ1) is 39.6. The minimum Gasteiger partial charge on any atom is -0.462 e. The molecule has 6 atom stereocenters. The molecule has 5 heterocycles. The molecule has 17 nitrogen and oxygen atoms in total. The number of nitrogen functional groups attached to an aromatic ring is 1. The zero-order chi connectivity index (χ0) is 38.5. The van der Waals surface area contributed by atoms with Crippen molar-refractivity contribution in [2.75, 3.05) is 38.8 Å². The lowest BCUT2D eigenvalue weighted by molar-refractivity contribution is -0.180. The molecule has 6 rings (SSSR count). The van der Waals surface area contributed by atoms with Gasteiger partial charge in [0, 0.05) is 26.4 Å². The van der Waals surface area contributed by atoms with Crippen LogP contribution in [0.1, 0.15) is 65.2 Å². The van der Waals surface area contributed by atoms with Gasteiger partial charge in [-0.15, -0.1) is 0 Å². The van der Waals surface area contributed by atoms with Crippen LogP contribution in [0.2, 0.25) is 0 Å². The lowest BCUT2D eigenvalue weighted by Crippen LogP contribution is -2.50. The van der Waals surface area contributed by atoms with E-state index in [0.29, 0.717) is 63.3 Å². The number of nitrogens with one attached hydrogen (secondary N) is 1. The highest BCUT2D eigenvalue weighted by Crippen LogP contribution is 2.50. The number of anilines is 1. The van der Waals surface area contributed by atoms with Gasteiger partial charge in [0.05, 0.1) is 30.2 Å². The molecule has 0 amide bonds. The van der Waals surface area contributed by atoms with Gasteiger partial charge in [-0.25, -0.2) is 14.1 Å². The number of ether oxygens (including phenoxy) is 6. The third-order valence-corrected chi connectivity index (χ3v) is 11.2. The van der Waals surface area contributed by atoms with Gasteiger partial charge < -0.3 is 38.7 Å². The lowest BCUT2D eigenvalue weighted by atomic mass is 9.94. The van der Waals surface area contributed by atoms with Crippen molar-refractivity contribution >= 4 is 37.0 Å². The Labute approximate surface area is 313 Å². The molecule has 1 unspecified atom stereocenters. The Morgan fingerprint density at radius 2 is 1.59 bits per heavy atom. The number of nitrogens with zero attached hydrogens (tertiary/aromatic N) is 3. The topological polar surface area (TPSA) is 210 Å². The number of hydrogen-bond donors (Lipinski definition) is 2. The SMILES string of the molecule is CC(C)OC(=O)[C@H](C)NP(=O)(OC[C@@]1(C)O[C@@H](c2ccc3c(N)ncnn23)[C@H](OC(=O)C2CCOCC2)[C@@H]1OC(=O)C1CCOCC1)Oc1ccccc1. The average Bonchev–Trinajstić information content (AvgIpc) is 3.71. The summed E-state index contributed by atoms with van der Waals surface area (Å²) >= 11 is 0. The first-order valence-corrected chi connectivity index (χ1v) is 19.7. The standard InChI is InChI=1S/C36H48N5O12P/c1-22(2)49-33(42)23(3)40-54(45,53-26-8-6-5-7-9-26)48-20-36(4)31(51-35(44)25-14-18-47-19-15-25)30(50-34(43)24-12-16-46-17-13-24)29(52-36)27-10-11-28-32(37)38-21-39-41(27)28/h5-11,21-25,29-31H,12-20H2,1-4H3,(H,40,45)(H2,37,38,39)/t23-,29-,30-,31-,36+,54?/m0/s1. The van der Waals surface area contributed by atoms with E-state index in [-0.39, 0.29) is 11.6 Å². The third kappa shape index (κ3) is 9.21. The highest BCUT2D eigenvalue weighted by Gasteiger charge is 2.59. The molecule has 2 aromatic heterocycles. The van der Waals surface area contributed by atoms with Crippen LogP contribution in [0.3, 0.4) is 0 Å². The number of esters is 3. The Bertz CT molecular complexity index is 1820. The molecular weight excluding hydrogens is 725 g/mol. The fourth-order valence-electron chi connectivity index (χ4n) is 6.64. The summed E-state index contributed by atoms with van der Waals surface area (Å²) in [5, 5.41) is 7.05. The van der Waals surface area contributed by atoms with E-state index in [4.69, 9.17) is 43.2 Å². The molecule has 0 aliphatic carbocycles. The van der Waals surface area contributed by atoms with Gasteiger partial charge in [-0.3, -0.25) is 18.9 Å². The molecule has 3 saturated heterocycles. The van der Waals surface area contributed by atoms with Gasteiger partial charge >= 0.3 is 25.7 Å². The Hall–Kier alpha value is -4.12. The first-order valence-electron chi connectivity index (χ1n) is 18.2. The van der Waals surface area contributed by atoms with E-state index in [0.717, 1.165) is 0 Å². The maximum absolute atomic E-state index is 14.6. The van der Waals surface area contributed by atoms with Gasteiger partial charge in [0.25, 0.3) is 0 Å². The number of benzene rings is 1. The van der Waals surface area contributed by atoms with E-state index in [1.165, 1.54) is 17.8 Å². The molecule has 3 aliphatic heterocycles. The summed E-state index contributed by atoms with van der Waals surface area (Å²) < 4.78 is 63.7. The number of hydrogen-bond acceptors (Lipinski definition) is 15. The zero-order valence-electron chi connectivity index (χ0n) is 30.8. The molecule has 1 aromatic carbocycles. The molecule has 0 bridgehead atoms. The summed E-state index contributed by atoms with van der Waals surface area (Å²) in [5.74, 6) is -2.29. The van der Waals surface area contributed by atoms with E-state index in [9.17, 15) is 18.9 Å². The number of rotatable bonds is 14. The minimum absolute atomic E-state index is 0.191. The highest BCUT2D eigenvalue weighted by atomic mass is 31.2. The van der Waals surface area contributed by atoms with E-state index >= 15 is 0 Å². The second-order valence-corrected chi connectivity index (χ2v) is 15.8. The Balaban J connectivity index is 1.37. The average molecular weight is 774 g/mol.